The minimum Gasteiger partial charge on any atom is -0.432 e. The van der Waals surface area contributed by atoms with Crippen molar-refractivity contribution in [3.05, 3.63) is 86.7 Å². The van der Waals surface area contributed by atoms with Gasteiger partial charge in [0.05, 0.1) is 32.6 Å². The van der Waals surface area contributed by atoms with Gasteiger partial charge in [-0.15, -0.1) is 0 Å². The lowest BCUT2D eigenvalue weighted by molar-refractivity contribution is -0.385. The molecule has 2 aromatic heterocycles. The van der Waals surface area contributed by atoms with Crippen LogP contribution in [-0.2, 0) is 20.2 Å². The lowest BCUT2D eigenvalue weighted by atomic mass is 9.77. The minimum absolute atomic E-state index is 0.00626. The third kappa shape index (κ3) is 6.46. The van der Waals surface area contributed by atoms with Crippen molar-refractivity contribution in [3.63, 3.8) is 0 Å². The Labute approximate surface area is 294 Å². The summed E-state index contributed by atoms with van der Waals surface area (Å²) in [6.45, 7) is 13.8. The Morgan fingerprint density at radius 1 is 1.10 bits per heavy atom. The van der Waals surface area contributed by atoms with Crippen molar-refractivity contribution in [1.29, 1.82) is 0 Å². The molecular weight excluding hydrogens is 653 g/mol. The molecule has 1 atom stereocenters. The summed E-state index contributed by atoms with van der Waals surface area (Å²) >= 11 is 0. The number of fused-ring (bicyclic) bond motifs is 4. The SMILES string of the molecule is CB(O)n1c(-c2cc(C)cc(C)c2)c(C(C)CNS(=O)(=O)c2ccc([N+](=O)[O-])cc2C)c2cc(C(C)(C)C(=O)N3CC4CCC3CC4)ncc21. The van der Waals surface area contributed by atoms with Gasteiger partial charge in [0.2, 0.25) is 15.9 Å². The first-order valence-corrected chi connectivity index (χ1v) is 18.8. The second kappa shape index (κ2) is 13.2. The van der Waals surface area contributed by atoms with Gasteiger partial charge >= 0.3 is 7.05 Å². The Balaban J connectivity index is 1.46. The molecule has 1 aliphatic carbocycles. The van der Waals surface area contributed by atoms with Crippen LogP contribution in [0.1, 0.15) is 80.3 Å². The molecule has 1 amide bonds. The molecule has 7 rings (SSSR count). The van der Waals surface area contributed by atoms with Crippen LogP contribution in [0.25, 0.3) is 22.2 Å². The number of aryl methyl sites for hydroxylation is 3. The number of carbonyl (C=O) groups is 1. The third-order valence-electron chi connectivity index (χ3n) is 10.7. The van der Waals surface area contributed by atoms with E-state index in [1.54, 1.807) is 13.0 Å². The van der Waals surface area contributed by atoms with Gasteiger partial charge in [-0.05, 0) is 120 Å². The molecule has 2 aliphatic heterocycles. The van der Waals surface area contributed by atoms with E-state index in [1.165, 1.54) is 38.0 Å². The largest absolute Gasteiger partial charge is 0.432 e. The zero-order valence-corrected chi connectivity index (χ0v) is 30.7. The molecule has 3 fully saturated rings. The first kappa shape index (κ1) is 35.8. The van der Waals surface area contributed by atoms with Gasteiger partial charge in [0, 0.05) is 42.3 Å². The number of nitrogens with one attached hydrogen (secondary N) is 1. The number of piperidine rings is 2. The Morgan fingerprint density at radius 2 is 1.76 bits per heavy atom. The summed E-state index contributed by atoms with van der Waals surface area (Å²) < 4.78 is 31.7. The van der Waals surface area contributed by atoms with Crippen LogP contribution in [0.3, 0.4) is 0 Å². The number of aromatic nitrogens is 2. The predicted molar refractivity (Wildman–Crippen MR) is 196 cm³/mol. The lowest BCUT2D eigenvalue weighted by Crippen LogP contribution is -2.55. The maximum atomic E-state index is 14.2. The van der Waals surface area contributed by atoms with E-state index in [0.29, 0.717) is 17.1 Å². The van der Waals surface area contributed by atoms with Gasteiger partial charge in [-0.25, -0.2) is 13.1 Å². The first-order chi connectivity index (χ1) is 23.5. The smallest absolute Gasteiger partial charge is 0.414 e. The molecule has 2 saturated heterocycles. The second-order valence-corrected chi connectivity index (χ2v) is 16.7. The van der Waals surface area contributed by atoms with Crippen molar-refractivity contribution < 1.29 is 23.2 Å². The first-order valence-electron chi connectivity index (χ1n) is 17.4. The van der Waals surface area contributed by atoms with Crippen LogP contribution in [0.2, 0.25) is 6.82 Å². The van der Waals surface area contributed by atoms with Gasteiger partial charge in [-0.3, -0.25) is 19.9 Å². The molecule has 0 radical (unpaired) electrons. The maximum Gasteiger partial charge on any atom is 0.414 e. The molecule has 11 nitrogen and oxygen atoms in total. The monoisotopic (exact) mass is 699 g/mol. The van der Waals surface area contributed by atoms with Crippen molar-refractivity contribution >= 4 is 39.6 Å². The number of benzene rings is 2. The van der Waals surface area contributed by atoms with Gasteiger partial charge in [0.15, 0.2) is 0 Å². The Kier molecular flexibility index (Phi) is 9.47. The summed E-state index contributed by atoms with van der Waals surface area (Å²) in [5, 5.41) is 23.3. The van der Waals surface area contributed by atoms with Crippen LogP contribution >= 0.6 is 0 Å². The fraction of sp³-hybridized carbons (Fsp3) is 0.459. The number of amides is 1. The zero-order chi connectivity index (χ0) is 36.3. The molecule has 2 bridgehead atoms. The summed E-state index contributed by atoms with van der Waals surface area (Å²) in [4.78, 5) is 31.8. The fourth-order valence-electron chi connectivity index (χ4n) is 8.12. The standard InChI is InChI=1S/C37H46BN5O6S/c1-22-14-23(2)16-27(15-22)35-34(25(4)19-40-50(48,49)32-13-12-29(43(46)47)17-24(32)3)30-18-33(39-20-31(30)42(35)38(7)45)37(5,6)36(44)41-21-26-8-10-28(41)11-9-26/h12-18,20,25-26,28,40,45H,8-11,19,21H2,1-7H3. The molecule has 4 heterocycles. The van der Waals surface area contributed by atoms with Crippen molar-refractivity contribution in [2.75, 3.05) is 13.1 Å². The number of carbonyl (C=O) groups excluding carboxylic acids is 1. The number of hydrogen-bond donors (Lipinski definition) is 2. The summed E-state index contributed by atoms with van der Waals surface area (Å²) in [5.41, 5.74) is 4.96. The zero-order valence-electron chi connectivity index (χ0n) is 29.9. The highest BCUT2D eigenvalue weighted by Crippen LogP contribution is 2.42. The van der Waals surface area contributed by atoms with Crippen LogP contribution < -0.4 is 4.72 Å². The number of non-ortho nitro benzene ring substituents is 1. The average Bonchev–Trinajstić information content (AvgIpc) is 3.42. The van der Waals surface area contributed by atoms with Gasteiger partial charge in [0.1, 0.15) is 0 Å². The fourth-order valence-corrected chi connectivity index (χ4v) is 9.47. The number of nitrogens with zero attached hydrogens (tertiary/aromatic N) is 4. The van der Waals surface area contributed by atoms with Crippen molar-refractivity contribution in [2.24, 2.45) is 5.92 Å². The number of hydrogen-bond acceptors (Lipinski definition) is 7. The molecule has 0 spiro atoms. The van der Waals surface area contributed by atoms with Crippen LogP contribution in [0.5, 0.6) is 0 Å². The van der Waals surface area contributed by atoms with Gasteiger partial charge < -0.3 is 14.4 Å². The summed E-state index contributed by atoms with van der Waals surface area (Å²) in [6, 6.07) is 12.1. The van der Waals surface area contributed by atoms with E-state index in [9.17, 15) is 28.4 Å². The Morgan fingerprint density at radius 3 is 2.32 bits per heavy atom. The van der Waals surface area contributed by atoms with Gasteiger partial charge in [-0.1, -0.05) is 24.1 Å². The highest BCUT2D eigenvalue weighted by atomic mass is 32.2. The average molecular weight is 700 g/mol. The maximum absolute atomic E-state index is 14.2. The van der Waals surface area contributed by atoms with E-state index in [2.05, 4.69) is 15.7 Å². The van der Waals surface area contributed by atoms with E-state index in [-0.39, 0.29) is 34.6 Å². The number of nitro groups is 1. The predicted octanol–water partition coefficient (Wildman–Crippen LogP) is 6.26. The topological polar surface area (TPSA) is 148 Å². The van der Waals surface area contributed by atoms with E-state index in [0.717, 1.165) is 52.7 Å². The molecule has 13 heteroatoms. The lowest BCUT2D eigenvalue weighted by Gasteiger charge is -2.47. The van der Waals surface area contributed by atoms with Gasteiger partial charge in [-0.2, -0.15) is 0 Å². The van der Waals surface area contributed by atoms with Gasteiger partial charge in [0.25, 0.3) is 5.69 Å². The van der Waals surface area contributed by atoms with E-state index in [1.807, 2.05) is 57.3 Å². The molecule has 4 aromatic rings. The van der Waals surface area contributed by atoms with E-state index in [4.69, 9.17) is 4.98 Å². The summed E-state index contributed by atoms with van der Waals surface area (Å²) in [7, 11) is -4.99. The molecule has 1 unspecified atom stereocenters. The van der Waals surface area contributed by atoms with E-state index < -0.39 is 33.3 Å². The normalized spacial score (nSPS) is 18.4. The van der Waals surface area contributed by atoms with Crippen molar-refractivity contribution in [2.45, 2.75) is 96.3 Å². The number of rotatable bonds is 10. The highest BCUT2D eigenvalue weighted by Gasteiger charge is 2.43. The summed E-state index contributed by atoms with van der Waals surface area (Å²) in [5.74, 6) is 0.194. The summed E-state index contributed by atoms with van der Waals surface area (Å²) in [6.07, 6.45) is 6.13. The Hall–Kier alpha value is -4.07. The molecule has 2 N–H and O–H groups in total. The van der Waals surface area contributed by atoms with Crippen LogP contribution in [-0.4, -0.2) is 64.8 Å². The van der Waals surface area contributed by atoms with E-state index >= 15 is 0 Å². The molecule has 50 heavy (non-hydrogen) atoms. The molecular formula is C37H46BN5O6S. The number of sulfonamides is 1. The van der Waals surface area contributed by atoms with Crippen molar-refractivity contribution in [1.82, 2.24) is 19.1 Å². The molecule has 3 aliphatic rings. The molecule has 2 aromatic carbocycles. The van der Waals surface area contributed by atoms with Crippen LogP contribution in [0.15, 0.2) is 53.6 Å². The van der Waals surface area contributed by atoms with Crippen LogP contribution in [0.4, 0.5) is 5.69 Å². The third-order valence-corrected chi connectivity index (χ3v) is 12.3. The molecule has 1 saturated carbocycles. The minimum atomic E-state index is -4.04. The van der Waals surface area contributed by atoms with Crippen LogP contribution in [0, 0.1) is 36.8 Å². The molecule has 264 valence electrons. The number of pyridine rings is 1. The van der Waals surface area contributed by atoms with Crippen molar-refractivity contribution in [3.8, 4) is 11.3 Å². The quantitative estimate of drug-likeness (QED) is 0.113. The second-order valence-electron chi connectivity index (χ2n) is 14.9. The highest BCUT2D eigenvalue weighted by molar-refractivity contribution is 7.89. The Bertz CT molecular complexity index is 2080. The number of nitro benzene ring substituents is 1.